The van der Waals surface area contributed by atoms with Crippen LogP contribution in [0.5, 0.6) is 0 Å². The van der Waals surface area contributed by atoms with Crippen LogP contribution in [-0.4, -0.2) is 45.0 Å². The van der Waals surface area contributed by atoms with Gasteiger partial charge in [-0.2, -0.15) is 0 Å². The van der Waals surface area contributed by atoms with Crippen molar-refractivity contribution in [2.75, 3.05) is 0 Å². The van der Waals surface area contributed by atoms with Crippen molar-refractivity contribution in [3.63, 3.8) is 0 Å². The summed E-state index contributed by atoms with van der Waals surface area (Å²) in [4.78, 5) is 0. The van der Waals surface area contributed by atoms with E-state index in [0.717, 1.165) is 0 Å². The molecular weight excluding hydrogens is 478 g/mol. The summed E-state index contributed by atoms with van der Waals surface area (Å²) in [6.07, 6.45) is 0. The fourth-order valence-electron chi connectivity index (χ4n) is 0.876. The zero-order chi connectivity index (χ0) is 10.2. The van der Waals surface area contributed by atoms with Crippen LogP contribution in [0.2, 0.25) is 0 Å². The van der Waals surface area contributed by atoms with Crippen molar-refractivity contribution in [3.8, 4) is 0 Å². The molecule has 0 aliphatic heterocycles. The number of rotatable bonds is 0. The normalized spacial score (nSPS) is 7.29. The van der Waals surface area contributed by atoms with E-state index in [1.54, 1.807) is 0 Å². The fraction of sp³-hybridized carbons (Fsp3) is 0. The first-order chi connectivity index (χ1) is 6.79. The molecule has 5 heteroatoms. The van der Waals surface area contributed by atoms with E-state index in [2.05, 4.69) is 48.5 Å². The standard InChI is InChI=1S/2C6H5.3S.2Sn/c2*1-2-4-6-5-3-1;;;;;/h2*1-5H;;;;;/q;;3*-2;2*+3. The molecule has 0 nitrogen and oxygen atoms in total. The van der Waals surface area contributed by atoms with E-state index in [4.69, 9.17) is 0 Å². The van der Waals surface area contributed by atoms with Gasteiger partial charge in [-0.3, -0.25) is 0 Å². The molecule has 0 fully saturated rings. The second-order valence-electron chi connectivity index (χ2n) is 2.73. The van der Waals surface area contributed by atoms with Crippen LogP contribution in [-0.2, 0) is 40.5 Å². The monoisotopic (exact) mass is 490 g/mol. The van der Waals surface area contributed by atoms with Crippen molar-refractivity contribution in [3.05, 3.63) is 60.7 Å². The van der Waals surface area contributed by atoms with Gasteiger partial charge in [0.1, 0.15) is 0 Å². The van der Waals surface area contributed by atoms with E-state index >= 15 is 0 Å². The van der Waals surface area contributed by atoms with Crippen LogP contribution in [0.3, 0.4) is 0 Å². The first-order valence-corrected chi connectivity index (χ1v) is 7.18. The van der Waals surface area contributed by atoms with Crippen LogP contribution in [0.15, 0.2) is 60.7 Å². The second-order valence-corrected chi connectivity index (χ2v) is 6.03. The number of hydrogen-bond donors (Lipinski definition) is 0. The molecule has 0 aliphatic rings. The summed E-state index contributed by atoms with van der Waals surface area (Å²) in [5.74, 6) is 0. The quantitative estimate of drug-likeness (QED) is 0.486. The van der Waals surface area contributed by atoms with Crippen LogP contribution in [0.25, 0.3) is 0 Å². The second kappa shape index (κ2) is 15.1. The van der Waals surface area contributed by atoms with Crippen molar-refractivity contribution < 1.29 is 0 Å². The summed E-state index contributed by atoms with van der Waals surface area (Å²) in [5.41, 5.74) is 0. The zero-order valence-corrected chi connectivity index (χ0v) is 17.2. The molecule has 0 aromatic heterocycles. The Bertz CT molecular complexity index is 317. The number of hydrogen-bond acceptors (Lipinski definition) is 0. The Hall–Kier alpha value is 1.09. The van der Waals surface area contributed by atoms with Crippen molar-refractivity contribution in [1.82, 2.24) is 0 Å². The van der Waals surface area contributed by atoms with Gasteiger partial charge in [0.25, 0.3) is 0 Å². The molecular formula is C12H10S3Sn2. The maximum atomic E-state index is 2.12. The summed E-state index contributed by atoms with van der Waals surface area (Å²) in [6.45, 7) is 0. The topological polar surface area (TPSA) is 0 Å². The molecule has 0 saturated heterocycles. The Kier molecular flexibility index (Phi) is 20.7. The van der Waals surface area contributed by atoms with Crippen LogP contribution < -0.4 is 7.16 Å². The molecule has 17 heavy (non-hydrogen) atoms. The van der Waals surface area contributed by atoms with Gasteiger partial charge in [-0.05, 0) is 0 Å². The molecule has 0 amide bonds. The molecule has 0 radical (unpaired) electrons. The van der Waals surface area contributed by atoms with Crippen molar-refractivity contribution >= 4 is 92.7 Å². The predicted molar refractivity (Wildman–Crippen MR) is 85.8 cm³/mol. The van der Waals surface area contributed by atoms with Gasteiger partial charge in [0, 0.05) is 0 Å². The van der Waals surface area contributed by atoms with Gasteiger partial charge in [0.15, 0.2) is 0 Å². The number of benzene rings is 2. The predicted octanol–water partition coefficient (Wildman–Crippen LogP) is 0.954. The van der Waals surface area contributed by atoms with E-state index < -0.39 is 0 Å². The Morgan fingerprint density at radius 2 is 0.706 bits per heavy atom. The molecule has 0 unspecified atom stereocenters. The molecule has 0 atom stereocenters. The molecule has 0 saturated carbocycles. The Balaban J connectivity index is -0.000000196. The molecule has 84 valence electrons. The first kappa shape index (κ1) is 23.2. The van der Waals surface area contributed by atoms with Gasteiger partial charge in [-0.25, -0.2) is 0 Å². The van der Waals surface area contributed by atoms with Gasteiger partial charge in [-0.15, -0.1) is 0 Å². The van der Waals surface area contributed by atoms with Gasteiger partial charge in [0.2, 0.25) is 0 Å². The minimum atomic E-state index is 0. The SMILES string of the molecule is [S-2].[S-2].[S-2].[Sn+3][c]1ccccc1.[Sn+3][c]1ccccc1. The van der Waals surface area contributed by atoms with Gasteiger partial charge in [0.05, 0.1) is 0 Å². The zero-order valence-electron chi connectivity index (χ0n) is 9.00. The van der Waals surface area contributed by atoms with Crippen molar-refractivity contribution in [1.29, 1.82) is 0 Å². The summed E-state index contributed by atoms with van der Waals surface area (Å²) in [6, 6.07) is 20.8. The summed E-state index contributed by atoms with van der Waals surface area (Å²) in [7, 11) is 0. The van der Waals surface area contributed by atoms with Gasteiger partial charge in [-0.1, -0.05) is 0 Å². The van der Waals surface area contributed by atoms with Gasteiger partial charge >= 0.3 is 113 Å². The Labute approximate surface area is 151 Å². The summed E-state index contributed by atoms with van der Waals surface area (Å²) in [5, 5.41) is 0. The average molecular weight is 488 g/mol. The molecule has 0 bridgehead atoms. The third kappa shape index (κ3) is 13.3. The fourth-order valence-corrected chi connectivity index (χ4v) is 1.97. The first-order valence-electron chi connectivity index (χ1n) is 4.32. The van der Waals surface area contributed by atoms with Crippen LogP contribution in [0, 0.1) is 0 Å². The Morgan fingerprint density at radius 3 is 0.824 bits per heavy atom. The summed E-state index contributed by atoms with van der Waals surface area (Å²) >= 11 is 2.99. The average Bonchev–Trinajstić information content (AvgIpc) is 2.21. The molecule has 0 spiro atoms. The minimum absolute atomic E-state index is 0. The third-order valence-corrected chi connectivity index (χ3v) is 3.45. The van der Waals surface area contributed by atoms with Gasteiger partial charge < -0.3 is 40.5 Å². The van der Waals surface area contributed by atoms with Crippen LogP contribution >= 0.6 is 0 Å². The maximum absolute atomic E-state index is 2.12. The molecule has 2 aromatic rings. The van der Waals surface area contributed by atoms with E-state index in [1.807, 2.05) is 12.1 Å². The Morgan fingerprint density at radius 1 is 0.471 bits per heavy atom. The van der Waals surface area contributed by atoms with Crippen LogP contribution in [0.1, 0.15) is 0 Å². The van der Waals surface area contributed by atoms with E-state index in [9.17, 15) is 0 Å². The van der Waals surface area contributed by atoms with Crippen molar-refractivity contribution in [2.24, 2.45) is 0 Å². The van der Waals surface area contributed by atoms with E-state index in [0.29, 0.717) is 0 Å². The molecule has 0 heterocycles. The molecule has 2 rings (SSSR count). The van der Waals surface area contributed by atoms with Crippen molar-refractivity contribution in [2.45, 2.75) is 0 Å². The molecule has 0 aliphatic carbocycles. The summed E-state index contributed by atoms with van der Waals surface area (Å²) < 4.78 is 2.82. The third-order valence-electron chi connectivity index (χ3n) is 1.55. The van der Waals surface area contributed by atoms with E-state index in [1.165, 1.54) is 52.2 Å². The van der Waals surface area contributed by atoms with Crippen LogP contribution in [0.4, 0.5) is 0 Å². The van der Waals surface area contributed by atoms with E-state index in [-0.39, 0.29) is 40.5 Å². The molecule has 0 N–H and O–H groups in total. The molecule has 2 aromatic carbocycles.